The minimum absolute atomic E-state index is 0.00196. The van der Waals surface area contributed by atoms with Gasteiger partial charge in [0.25, 0.3) is 5.91 Å². The van der Waals surface area contributed by atoms with Crippen LogP contribution in [-0.4, -0.2) is 54.6 Å². The smallest absolute Gasteiger partial charge is 0.276 e. The van der Waals surface area contributed by atoms with Crippen LogP contribution in [0.15, 0.2) is 35.6 Å². The molecular formula is C21H18F4N6O4S. The van der Waals surface area contributed by atoms with E-state index in [2.05, 4.69) is 20.0 Å². The Labute approximate surface area is 202 Å². The van der Waals surface area contributed by atoms with Gasteiger partial charge in [0.1, 0.15) is 4.90 Å². The molecule has 10 nitrogen and oxygen atoms in total. The van der Waals surface area contributed by atoms with E-state index in [1.807, 2.05) is 0 Å². The highest BCUT2D eigenvalue weighted by Crippen LogP contribution is 2.35. The van der Waals surface area contributed by atoms with Crippen molar-refractivity contribution in [1.29, 1.82) is 0 Å². The number of amides is 1. The second-order valence-electron chi connectivity index (χ2n) is 8.40. The predicted octanol–water partition coefficient (Wildman–Crippen LogP) is 1.80. The third kappa shape index (κ3) is 4.24. The molecule has 0 spiro atoms. The van der Waals surface area contributed by atoms with Crippen molar-refractivity contribution in [2.45, 2.75) is 10.9 Å². The van der Waals surface area contributed by atoms with Crippen LogP contribution in [-0.2, 0) is 17.1 Å². The number of aromatic nitrogens is 3. The number of ether oxygens (including phenoxy) is 1. The summed E-state index contributed by atoms with van der Waals surface area (Å²) >= 11 is 0. The van der Waals surface area contributed by atoms with Gasteiger partial charge in [-0.1, -0.05) is 0 Å². The number of hydrogen-bond acceptors (Lipinski definition) is 7. The maximum absolute atomic E-state index is 13.6. The van der Waals surface area contributed by atoms with E-state index in [0.717, 1.165) is 12.4 Å². The Hall–Kier alpha value is -3.72. The number of anilines is 2. The van der Waals surface area contributed by atoms with Crippen molar-refractivity contribution in [3.05, 3.63) is 59.7 Å². The number of carbonyl (C=O) groups is 1. The van der Waals surface area contributed by atoms with E-state index in [1.165, 1.54) is 17.8 Å². The van der Waals surface area contributed by atoms with E-state index >= 15 is 0 Å². The lowest BCUT2D eigenvalue weighted by atomic mass is 10.1. The van der Waals surface area contributed by atoms with E-state index in [9.17, 15) is 30.8 Å². The predicted molar refractivity (Wildman–Crippen MR) is 117 cm³/mol. The summed E-state index contributed by atoms with van der Waals surface area (Å²) in [6.07, 6.45) is 3.18. The first-order valence-electron chi connectivity index (χ1n) is 10.6. The second kappa shape index (κ2) is 8.74. The number of benzene rings is 1. The number of rotatable bonds is 3. The summed E-state index contributed by atoms with van der Waals surface area (Å²) in [4.78, 5) is 22.2. The molecule has 0 unspecified atom stereocenters. The molecule has 36 heavy (non-hydrogen) atoms. The van der Waals surface area contributed by atoms with Gasteiger partial charge in [-0.25, -0.2) is 40.7 Å². The van der Waals surface area contributed by atoms with E-state index < -0.39 is 45.2 Å². The standard InChI is InChI=1S/C21H18F4N6O4S/c1-30-8-16-19(18(30)20(32)28-12-2-13(23)17(25)14(24)3-12)35-9-10-6-31(7-15(10)29-36(16,33)34)21-26-4-11(22)5-27-21/h2-5,8,10,15,29H,6-7,9H2,1H3,(H,28,32)/t10-,15-/m0/s1. The highest BCUT2D eigenvalue weighted by atomic mass is 32.2. The number of nitrogens with one attached hydrogen (secondary N) is 2. The summed E-state index contributed by atoms with van der Waals surface area (Å²) in [5, 5.41) is 2.23. The molecule has 0 saturated carbocycles. The molecular weight excluding hydrogens is 508 g/mol. The average Bonchev–Trinajstić information content (AvgIpc) is 3.35. The quantitative estimate of drug-likeness (QED) is 0.395. The third-order valence-electron chi connectivity index (χ3n) is 5.93. The zero-order valence-corrected chi connectivity index (χ0v) is 19.3. The molecule has 1 aromatic carbocycles. The van der Waals surface area contributed by atoms with Crippen molar-refractivity contribution in [3.8, 4) is 5.75 Å². The van der Waals surface area contributed by atoms with E-state index in [0.29, 0.717) is 12.1 Å². The highest BCUT2D eigenvalue weighted by molar-refractivity contribution is 7.89. The summed E-state index contributed by atoms with van der Waals surface area (Å²) in [6, 6.07) is 0.605. The maximum atomic E-state index is 13.6. The molecule has 2 atom stereocenters. The molecule has 0 bridgehead atoms. The first-order chi connectivity index (χ1) is 17.0. The van der Waals surface area contributed by atoms with Crippen LogP contribution in [0.25, 0.3) is 0 Å². The monoisotopic (exact) mass is 526 g/mol. The first-order valence-corrected chi connectivity index (χ1v) is 12.0. The van der Waals surface area contributed by atoms with Crippen LogP contribution < -0.4 is 19.7 Å². The van der Waals surface area contributed by atoms with Gasteiger partial charge in [-0.2, -0.15) is 0 Å². The number of aryl methyl sites for hydroxylation is 1. The number of nitrogens with zero attached hydrogens (tertiary/aromatic N) is 4. The van der Waals surface area contributed by atoms with E-state index in [1.54, 1.807) is 4.90 Å². The molecule has 4 heterocycles. The molecule has 2 aliphatic heterocycles. The molecule has 3 aromatic rings. The Morgan fingerprint density at radius 2 is 1.81 bits per heavy atom. The first kappa shape index (κ1) is 24.0. The molecule has 2 N–H and O–H groups in total. The normalized spacial score (nSPS) is 20.6. The minimum atomic E-state index is -4.17. The molecule has 0 aliphatic carbocycles. The van der Waals surface area contributed by atoms with Crippen LogP contribution in [0.5, 0.6) is 5.75 Å². The molecule has 0 radical (unpaired) electrons. The molecule has 190 valence electrons. The topological polar surface area (TPSA) is 118 Å². The van der Waals surface area contributed by atoms with Gasteiger partial charge in [-0.3, -0.25) is 4.79 Å². The summed E-state index contributed by atoms with van der Waals surface area (Å²) in [5.41, 5.74) is -0.598. The number of hydrogen-bond donors (Lipinski definition) is 2. The van der Waals surface area contributed by atoms with Crippen molar-refractivity contribution in [2.24, 2.45) is 13.0 Å². The Kier molecular flexibility index (Phi) is 5.83. The van der Waals surface area contributed by atoms with Gasteiger partial charge >= 0.3 is 0 Å². The molecule has 2 aromatic heterocycles. The van der Waals surface area contributed by atoms with Crippen LogP contribution in [0.4, 0.5) is 29.2 Å². The Morgan fingerprint density at radius 3 is 2.47 bits per heavy atom. The zero-order chi connectivity index (χ0) is 25.8. The Bertz CT molecular complexity index is 1440. The molecule has 2 aliphatic rings. The van der Waals surface area contributed by atoms with E-state index in [-0.39, 0.29) is 53.6 Å². The van der Waals surface area contributed by atoms with Crippen molar-refractivity contribution < 1.29 is 35.5 Å². The van der Waals surface area contributed by atoms with Crippen molar-refractivity contribution >= 4 is 27.6 Å². The van der Waals surface area contributed by atoms with E-state index in [4.69, 9.17) is 4.74 Å². The SMILES string of the molecule is Cn1cc2c(c1C(=O)Nc1cc(F)c(F)c(F)c1)OC[C@@H]1CN(c3ncc(F)cn3)C[C@@H]1NS2(=O)=O. The molecule has 1 saturated heterocycles. The summed E-state index contributed by atoms with van der Waals surface area (Å²) in [5.74, 6) is -6.64. The Morgan fingerprint density at radius 1 is 1.14 bits per heavy atom. The maximum Gasteiger partial charge on any atom is 0.276 e. The van der Waals surface area contributed by atoms with Crippen LogP contribution in [0.2, 0.25) is 0 Å². The van der Waals surface area contributed by atoms with Gasteiger partial charge < -0.3 is 19.5 Å². The fourth-order valence-corrected chi connectivity index (χ4v) is 5.74. The molecule has 15 heteroatoms. The number of carbonyl (C=O) groups excluding carboxylic acids is 1. The number of fused-ring (bicyclic) bond motifs is 2. The van der Waals surface area contributed by atoms with Crippen molar-refractivity contribution in [3.63, 3.8) is 0 Å². The molecule has 5 rings (SSSR count). The Balaban J connectivity index is 1.43. The third-order valence-corrected chi connectivity index (χ3v) is 7.41. The van der Waals surface area contributed by atoms with Gasteiger partial charge in [-0.15, -0.1) is 0 Å². The van der Waals surface area contributed by atoms with Crippen LogP contribution in [0.3, 0.4) is 0 Å². The number of sulfonamides is 1. The lowest BCUT2D eigenvalue weighted by Crippen LogP contribution is -2.43. The largest absolute Gasteiger partial charge is 0.489 e. The van der Waals surface area contributed by atoms with Gasteiger partial charge in [0, 0.05) is 56.1 Å². The van der Waals surface area contributed by atoms with Crippen molar-refractivity contribution in [1.82, 2.24) is 19.3 Å². The van der Waals surface area contributed by atoms with Gasteiger partial charge in [0.2, 0.25) is 16.0 Å². The van der Waals surface area contributed by atoms with Gasteiger partial charge in [-0.05, 0) is 0 Å². The van der Waals surface area contributed by atoms with Crippen LogP contribution in [0, 0.1) is 29.2 Å². The zero-order valence-electron chi connectivity index (χ0n) is 18.5. The fraction of sp³-hybridized carbons (Fsp3) is 0.286. The summed E-state index contributed by atoms with van der Waals surface area (Å²) in [6.45, 7) is 0.495. The minimum Gasteiger partial charge on any atom is -0.489 e. The molecule has 1 amide bonds. The average molecular weight is 526 g/mol. The lowest BCUT2D eigenvalue weighted by Gasteiger charge is -2.23. The van der Waals surface area contributed by atoms with Gasteiger partial charge in [0.05, 0.1) is 19.0 Å². The van der Waals surface area contributed by atoms with Crippen molar-refractivity contribution in [2.75, 3.05) is 29.9 Å². The molecule has 1 fully saturated rings. The second-order valence-corrected chi connectivity index (χ2v) is 10.1. The number of halogens is 4. The van der Waals surface area contributed by atoms with Crippen LogP contribution >= 0.6 is 0 Å². The summed E-state index contributed by atoms with van der Waals surface area (Å²) < 4.78 is 89.6. The highest BCUT2D eigenvalue weighted by Gasteiger charge is 2.41. The lowest BCUT2D eigenvalue weighted by molar-refractivity contribution is 0.101. The van der Waals surface area contributed by atoms with Gasteiger partial charge in [0.15, 0.2) is 34.7 Å². The fourth-order valence-electron chi connectivity index (χ4n) is 4.25. The van der Waals surface area contributed by atoms with Crippen LogP contribution in [0.1, 0.15) is 10.5 Å². The summed E-state index contributed by atoms with van der Waals surface area (Å²) in [7, 11) is -2.77.